The highest BCUT2D eigenvalue weighted by molar-refractivity contribution is 8.15. The molecule has 0 aromatic heterocycles. The predicted octanol–water partition coefficient (Wildman–Crippen LogP) is 1.67. The Morgan fingerprint density at radius 2 is 2.08 bits per heavy atom. The molecule has 0 N–H and O–H groups in total. The highest BCUT2D eigenvalue weighted by Gasteiger charge is 2.48. The number of amidine groups is 1. The molecule has 4 rings (SSSR count). The summed E-state index contributed by atoms with van der Waals surface area (Å²) in [7, 11) is -3.06. The van der Waals surface area contributed by atoms with Crippen LogP contribution in [0.15, 0.2) is 23.2 Å². The van der Waals surface area contributed by atoms with E-state index >= 15 is 0 Å². The number of aliphatic imine (C=N–C) groups is 1. The molecule has 1 aromatic rings. The molecule has 3 aliphatic rings. The molecule has 0 radical (unpaired) electrons. The Morgan fingerprint density at radius 3 is 2.85 bits per heavy atom. The maximum absolute atomic E-state index is 12.1. The van der Waals surface area contributed by atoms with E-state index in [0.717, 1.165) is 5.56 Å². The van der Waals surface area contributed by atoms with Gasteiger partial charge in [0.15, 0.2) is 26.5 Å². The molecule has 140 valence electrons. The van der Waals surface area contributed by atoms with Crippen molar-refractivity contribution in [2.24, 2.45) is 10.9 Å². The molecule has 26 heavy (non-hydrogen) atoms. The summed E-state index contributed by atoms with van der Waals surface area (Å²) < 4.78 is 34.9. The highest BCUT2D eigenvalue weighted by Crippen LogP contribution is 2.40. The number of sulfone groups is 1. The summed E-state index contributed by atoms with van der Waals surface area (Å²) in [5, 5.41) is 0.541. The van der Waals surface area contributed by atoms with E-state index in [1.807, 2.05) is 23.1 Å². The SMILES string of the molecule is CC(C)C(=O)N=C1S[C@@H]2CS(=O)(=O)C[C@@H]2N1Cc1ccc2c(c1)OCO2. The van der Waals surface area contributed by atoms with Crippen LogP contribution in [-0.4, -0.2) is 54.0 Å². The van der Waals surface area contributed by atoms with Crippen LogP contribution in [0.3, 0.4) is 0 Å². The molecular formula is C17H20N2O5S2. The average Bonchev–Trinajstić information content (AvgIpc) is 3.21. The van der Waals surface area contributed by atoms with Crippen molar-refractivity contribution in [2.45, 2.75) is 31.7 Å². The van der Waals surface area contributed by atoms with Crippen LogP contribution in [0.25, 0.3) is 0 Å². The van der Waals surface area contributed by atoms with Crippen molar-refractivity contribution in [3.05, 3.63) is 23.8 Å². The Morgan fingerprint density at radius 1 is 1.31 bits per heavy atom. The zero-order valence-corrected chi connectivity index (χ0v) is 16.2. The average molecular weight is 396 g/mol. The van der Waals surface area contributed by atoms with Crippen molar-refractivity contribution in [3.63, 3.8) is 0 Å². The third kappa shape index (κ3) is 3.29. The minimum Gasteiger partial charge on any atom is -0.454 e. The molecule has 3 heterocycles. The molecule has 0 bridgehead atoms. The lowest BCUT2D eigenvalue weighted by molar-refractivity contribution is -0.120. The van der Waals surface area contributed by atoms with E-state index in [1.165, 1.54) is 11.8 Å². The van der Waals surface area contributed by atoms with Gasteiger partial charge in [-0.25, -0.2) is 8.42 Å². The molecule has 0 saturated carbocycles. The summed E-state index contributed by atoms with van der Waals surface area (Å²) in [4.78, 5) is 18.3. The Labute approximate surface area is 156 Å². The quantitative estimate of drug-likeness (QED) is 0.768. The third-order valence-electron chi connectivity index (χ3n) is 4.66. The number of hydrogen-bond acceptors (Lipinski definition) is 6. The number of amides is 1. The molecule has 3 aliphatic heterocycles. The Balaban J connectivity index is 1.63. The lowest BCUT2D eigenvalue weighted by atomic mass is 10.1. The second kappa shape index (κ2) is 6.45. The summed E-state index contributed by atoms with van der Waals surface area (Å²) >= 11 is 1.40. The second-order valence-corrected chi connectivity index (χ2v) is 10.4. The van der Waals surface area contributed by atoms with Crippen LogP contribution in [0.5, 0.6) is 11.5 Å². The van der Waals surface area contributed by atoms with Crippen molar-refractivity contribution in [2.75, 3.05) is 18.3 Å². The molecule has 0 spiro atoms. The molecule has 0 unspecified atom stereocenters. The number of fused-ring (bicyclic) bond motifs is 2. The standard InChI is InChI=1S/C17H20N2O5S2/c1-10(2)16(20)18-17-19(12-7-26(21,22)8-15(12)25-17)6-11-3-4-13-14(5-11)24-9-23-13/h3-5,10,12,15H,6-9H2,1-2H3/t12-,15+/m0/s1. The van der Waals surface area contributed by atoms with Gasteiger partial charge in [0.25, 0.3) is 5.91 Å². The number of carbonyl (C=O) groups is 1. The van der Waals surface area contributed by atoms with Crippen LogP contribution >= 0.6 is 11.8 Å². The normalized spacial score (nSPS) is 27.3. The van der Waals surface area contributed by atoms with Crippen molar-refractivity contribution in [1.82, 2.24) is 4.90 Å². The van der Waals surface area contributed by atoms with E-state index in [4.69, 9.17) is 9.47 Å². The van der Waals surface area contributed by atoms with Gasteiger partial charge in [-0.1, -0.05) is 31.7 Å². The summed E-state index contributed by atoms with van der Waals surface area (Å²) in [5.74, 6) is 1.24. The fourth-order valence-corrected chi connectivity index (χ4v) is 7.24. The van der Waals surface area contributed by atoms with Gasteiger partial charge < -0.3 is 14.4 Å². The van der Waals surface area contributed by atoms with Gasteiger partial charge in [-0.15, -0.1) is 0 Å². The molecule has 7 nitrogen and oxygen atoms in total. The summed E-state index contributed by atoms with van der Waals surface area (Å²) in [6.07, 6.45) is 0. The number of nitrogens with zero attached hydrogens (tertiary/aromatic N) is 2. The van der Waals surface area contributed by atoms with Gasteiger partial charge >= 0.3 is 0 Å². The van der Waals surface area contributed by atoms with Gasteiger partial charge in [-0.2, -0.15) is 4.99 Å². The Bertz CT molecular complexity index is 881. The Kier molecular flexibility index (Phi) is 4.38. The molecule has 2 fully saturated rings. The molecule has 2 saturated heterocycles. The first-order valence-corrected chi connectivity index (χ1v) is 11.2. The first-order chi connectivity index (χ1) is 12.3. The number of hydrogen-bond donors (Lipinski definition) is 0. The molecule has 9 heteroatoms. The van der Waals surface area contributed by atoms with Crippen LogP contribution in [0.2, 0.25) is 0 Å². The molecule has 2 atom stereocenters. The highest BCUT2D eigenvalue weighted by atomic mass is 32.2. The van der Waals surface area contributed by atoms with Gasteiger partial charge in [-0.3, -0.25) is 4.79 Å². The summed E-state index contributed by atoms with van der Waals surface area (Å²) in [6, 6.07) is 5.51. The van der Waals surface area contributed by atoms with E-state index in [9.17, 15) is 13.2 Å². The lowest BCUT2D eigenvalue weighted by Gasteiger charge is -2.24. The van der Waals surface area contributed by atoms with E-state index in [0.29, 0.717) is 23.2 Å². The predicted molar refractivity (Wildman–Crippen MR) is 99.2 cm³/mol. The number of benzene rings is 1. The Hall–Kier alpha value is -1.74. The van der Waals surface area contributed by atoms with Crippen LogP contribution in [0.1, 0.15) is 19.4 Å². The van der Waals surface area contributed by atoms with Crippen LogP contribution in [0, 0.1) is 5.92 Å². The van der Waals surface area contributed by atoms with Gasteiger partial charge in [0, 0.05) is 17.7 Å². The third-order valence-corrected chi connectivity index (χ3v) is 7.91. The number of rotatable bonds is 3. The van der Waals surface area contributed by atoms with Gasteiger partial charge in [0.2, 0.25) is 6.79 Å². The maximum Gasteiger partial charge on any atom is 0.250 e. The smallest absolute Gasteiger partial charge is 0.250 e. The van der Waals surface area contributed by atoms with E-state index in [2.05, 4.69) is 4.99 Å². The van der Waals surface area contributed by atoms with Crippen molar-refractivity contribution in [3.8, 4) is 11.5 Å². The topological polar surface area (TPSA) is 85.3 Å². The molecule has 1 aromatic carbocycles. The number of carbonyl (C=O) groups excluding carboxylic acids is 1. The second-order valence-electron chi connectivity index (χ2n) is 7.00. The van der Waals surface area contributed by atoms with Crippen LogP contribution in [-0.2, 0) is 21.2 Å². The van der Waals surface area contributed by atoms with Crippen LogP contribution < -0.4 is 9.47 Å². The largest absolute Gasteiger partial charge is 0.454 e. The fourth-order valence-electron chi connectivity index (χ4n) is 3.28. The van der Waals surface area contributed by atoms with Gasteiger partial charge in [-0.05, 0) is 17.7 Å². The zero-order chi connectivity index (χ0) is 18.5. The minimum atomic E-state index is -3.06. The maximum atomic E-state index is 12.1. The first-order valence-electron chi connectivity index (χ1n) is 8.47. The van der Waals surface area contributed by atoms with Crippen molar-refractivity contribution in [1.29, 1.82) is 0 Å². The van der Waals surface area contributed by atoms with Crippen molar-refractivity contribution >= 4 is 32.7 Å². The van der Waals surface area contributed by atoms with Gasteiger partial charge in [0.05, 0.1) is 17.5 Å². The summed E-state index contributed by atoms with van der Waals surface area (Å²) in [6.45, 7) is 4.29. The summed E-state index contributed by atoms with van der Waals surface area (Å²) in [5.41, 5.74) is 0.962. The number of ether oxygens (including phenoxy) is 2. The van der Waals surface area contributed by atoms with Crippen molar-refractivity contribution < 1.29 is 22.7 Å². The number of thioether (sulfide) groups is 1. The fraction of sp³-hybridized carbons (Fsp3) is 0.529. The zero-order valence-electron chi connectivity index (χ0n) is 14.5. The van der Waals surface area contributed by atoms with Crippen LogP contribution in [0.4, 0.5) is 0 Å². The first kappa shape index (κ1) is 17.7. The van der Waals surface area contributed by atoms with E-state index < -0.39 is 9.84 Å². The monoisotopic (exact) mass is 396 g/mol. The van der Waals surface area contributed by atoms with Gasteiger partial charge in [0.1, 0.15) is 0 Å². The lowest BCUT2D eigenvalue weighted by Crippen LogP contribution is -2.37. The molecule has 1 amide bonds. The molecular weight excluding hydrogens is 376 g/mol. The van der Waals surface area contributed by atoms with E-state index in [-0.39, 0.29) is 41.4 Å². The minimum absolute atomic E-state index is 0.0762. The van der Waals surface area contributed by atoms with E-state index in [1.54, 1.807) is 13.8 Å². The molecule has 0 aliphatic carbocycles.